The summed E-state index contributed by atoms with van der Waals surface area (Å²) in [6.07, 6.45) is 5.97. The molecule has 1 aromatic heterocycles. The third-order valence-electron chi connectivity index (χ3n) is 5.94. The first-order chi connectivity index (χ1) is 13.0. The van der Waals surface area contributed by atoms with Crippen molar-refractivity contribution in [1.82, 2.24) is 20.0 Å². The summed E-state index contributed by atoms with van der Waals surface area (Å²) in [4.78, 5) is 27.1. The van der Waals surface area contributed by atoms with Crippen molar-refractivity contribution in [1.29, 1.82) is 0 Å². The quantitative estimate of drug-likeness (QED) is 0.819. The molecule has 7 nitrogen and oxygen atoms in total. The normalized spacial score (nSPS) is 20.9. The smallest absolute Gasteiger partial charge is 0.223 e. The number of nitrogens with one attached hydrogen (secondary N) is 1. The highest BCUT2D eigenvalue weighted by Gasteiger charge is 2.30. The molecule has 1 saturated carbocycles. The molecule has 7 heteroatoms. The molecule has 1 atom stereocenters. The van der Waals surface area contributed by atoms with Gasteiger partial charge in [0.05, 0.1) is 24.9 Å². The van der Waals surface area contributed by atoms with Crippen LogP contribution in [0.3, 0.4) is 0 Å². The van der Waals surface area contributed by atoms with Crippen LogP contribution in [0.5, 0.6) is 0 Å². The molecule has 2 heterocycles. The number of aromatic nitrogens is 2. The molecule has 1 saturated heterocycles. The van der Waals surface area contributed by atoms with Crippen molar-refractivity contribution in [2.24, 2.45) is 7.05 Å². The van der Waals surface area contributed by atoms with Gasteiger partial charge < -0.3 is 15.0 Å². The second-order valence-corrected chi connectivity index (χ2v) is 7.84. The fraction of sp³-hybridized carbons (Fsp3) is 0.750. The van der Waals surface area contributed by atoms with E-state index >= 15 is 0 Å². The number of amides is 2. The maximum atomic E-state index is 12.8. The van der Waals surface area contributed by atoms with E-state index in [0.717, 1.165) is 29.8 Å². The highest BCUT2D eigenvalue weighted by molar-refractivity contribution is 5.80. The van der Waals surface area contributed by atoms with Crippen LogP contribution in [0.2, 0.25) is 0 Å². The molecule has 0 spiro atoms. The highest BCUT2D eigenvalue weighted by Crippen LogP contribution is 2.20. The van der Waals surface area contributed by atoms with Gasteiger partial charge in [-0.05, 0) is 38.7 Å². The summed E-state index contributed by atoms with van der Waals surface area (Å²) in [5.74, 6) is 0.133. The van der Waals surface area contributed by atoms with Gasteiger partial charge in [0.25, 0.3) is 0 Å². The minimum absolute atomic E-state index is 0.0362. The SMILES string of the molecule is Cc1nn(C)c(C)c1CCC(=O)N1CCOC[C@H]1CC(=O)NC1CCCC1. The maximum absolute atomic E-state index is 12.8. The van der Waals surface area contributed by atoms with Gasteiger partial charge in [0.15, 0.2) is 0 Å². The Hall–Kier alpha value is -1.89. The van der Waals surface area contributed by atoms with Crippen molar-refractivity contribution in [2.45, 2.75) is 70.9 Å². The number of aryl methyl sites for hydroxylation is 2. The second-order valence-electron chi connectivity index (χ2n) is 7.84. The summed E-state index contributed by atoms with van der Waals surface area (Å²) in [6, 6.07) is 0.145. The number of hydrogen-bond acceptors (Lipinski definition) is 4. The van der Waals surface area contributed by atoms with E-state index in [2.05, 4.69) is 10.4 Å². The molecule has 0 radical (unpaired) electrons. The monoisotopic (exact) mass is 376 g/mol. The number of carbonyl (C=O) groups is 2. The Kier molecular flexibility index (Phi) is 6.52. The van der Waals surface area contributed by atoms with Gasteiger partial charge in [0.2, 0.25) is 11.8 Å². The van der Waals surface area contributed by atoms with Crippen LogP contribution >= 0.6 is 0 Å². The van der Waals surface area contributed by atoms with Gasteiger partial charge >= 0.3 is 0 Å². The van der Waals surface area contributed by atoms with Gasteiger partial charge in [-0.2, -0.15) is 5.10 Å². The van der Waals surface area contributed by atoms with Gasteiger partial charge in [-0.1, -0.05) is 12.8 Å². The molecule has 3 rings (SSSR count). The van der Waals surface area contributed by atoms with Crippen molar-refractivity contribution < 1.29 is 14.3 Å². The molecule has 1 aromatic rings. The van der Waals surface area contributed by atoms with Crippen LogP contribution in [0.4, 0.5) is 0 Å². The van der Waals surface area contributed by atoms with E-state index in [1.165, 1.54) is 12.8 Å². The van der Waals surface area contributed by atoms with E-state index < -0.39 is 0 Å². The van der Waals surface area contributed by atoms with Crippen molar-refractivity contribution in [3.05, 3.63) is 17.0 Å². The topological polar surface area (TPSA) is 76.5 Å². The Morgan fingerprint density at radius 3 is 2.67 bits per heavy atom. The average molecular weight is 377 g/mol. The van der Waals surface area contributed by atoms with E-state index in [0.29, 0.717) is 45.1 Å². The van der Waals surface area contributed by atoms with Crippen molar-refractivity contribution >= 4 is 11.8 Å². The largest absolute Gasteiger partial charge is 0.377 e. The zero-order valence-electron chi connectivity index (χ0n) is 16.8. The minimum Gasteiger partial charge on any atom is -0.377 e. The summed E-state index contributed by atoms with van der Waals surface area (Å²) >= 11 is 0. The minimum atomic E-state index is -0.163. The third-order valence-corrected chi connectivity index (χ3v) is 5.94. The molecule has 1 aliphatic carbocycles. The van der Waals surface area contributed by atoms with Crippen LogP contribution in [-0.2, 0) is 27.8 Å². The summed E-state index contributed by atoms with van der Waals surface area (Å²) < 4.78 is 7.41. The third kappa shape index (κ3) is 4.89. The summed E-state index contributed by atoms with van der Waals surface area (Å²) in [6.45, 7) is 5.56. The highest BCUT2D eigenvalue weighted by atomic mass is 16.5. The van der Waals surface area contributed by atoms with E-state index in [1.54, 1.807) is 0 Å². The molecule has 150 valence electrons. The summed E-state index contributed by atoms with van der Waals surface area (Å²) in [5.41, 5.74) is 3.24. The lowest BCUT2D eigenvalue weighted by Gasteiger charge is -2.35. The maximum Gasteiger partial charge on any atom is 0.223 e. The lowest BCUT2D eigenvalue weighted by Crippen LogP contribution is -2.51. The standard InChI is InChI=1S/C20H32N4O3/c1-14-18(15(2)23(3)22-14)8-9-20(26)24-10-11-27-13-17(24)12-19(25)21-16-6-4-5-7-16/h16-17H,4-13H2,1-3H3,(H,21,25)/t17-/m1/s1. The van der Waals surface area contributed by atoms with Gasteiger partial charge in [-0.3, -0.25) is 14.3 Å². The number of morpholine rings is 1. The van der Waals surface area contributed by atoms with Crippen molar-refractivity contribution in [3.8, 4) is 0 Å². The predicted octanol–water partition coefficient (Wildman–Crippen LogP) is 1.65. The first-order valence-electron chi connectivity index (χ1n) is 10.1. The van der Waals surface area contributed by atoms with Crippen molar-refractivity contribution in [3.63, 3.8) is 0 Å². The molecular formula is C20H32N4O3. The first kappa shape index (κ1) is 19.9. The van der Waals surface area contributed by atoms with E-state index in [-0.39, 0.29) is 17.9 Å². The zero-order chi connectivity index (χ0) is 19.4. The van der Waals surface area contributed by atoms with E-state index in [4.69, 9.17) is 4.74 Å². The lowest BCUT2D eigenvalue weighted by atomic mass is 10.1. The molecular weight excluding hydrogens is 344 g/mol. The Morgan fingerprint density at radius 1 is 1.26 bits per heavy atom. The van der Waals surface area contributed by atoms with Crippen LogP contribution in [0.1, 0.15) is 55.5 Å². The van der Waals surface area contributed by atoms with Crippen LogP contribution in [0, 0.1) is 13.8 Å². The Balaban J connectivity index is 1.55. The molecule has 0 aromatic carbocycles. The van der Waals surface area contributed by atoms with Crippen LogP contribution in [0.15, 0.2) is 0 Å². The fourth-order valence-corrected chi connectivity index (χ4v) is 4.28. The Labute approximate surface area is 161 Å². The van der Waals surface area contributed by atoms with Gasteiger partial charge in [0, 0.05) is 38.2 Å². The summed E-state index contributed by atoms with van der Waals surface area (Å²) in [7, 11) is 1.93. The number of ether oxygens (including phenoxy) is 1. The zero-order valence-corrected chi connectivity index (χ0v) is 16.8. The first-order valence-corrected chi connectivity index (χ1v) is 10.1. The summed E-state index contributed by atoms with van der Waals surface area (Å²) in [5, 5.41) is 7.54. The molecule has 0 unspecified atom stereocenters. The fourth-order valence-electron chi connectivity index (χ4n) is 4.28. The van der Waals surface area contributed by atoms with E-state index in [1.807, 2.05) is 30.5 Å². The van der Waals surface area contributed by atoms with Crippen LogP contribution in [0.25, 0.3) is 0 Å². The van der Waals surface area contributed by atoms with Gasteiger partial charge in [-0.25, -0.2) is 0 Å². The van der Waals surface area contributed by atoms with Crippen LogP contribution in [-0.4, -0.2) is 58.3 Å². The number of carbonyl (C=O) groups excluding carboxylic acids is 2. The van der Waals surface area contributed by atoms with E-state index in [9.17, 15) is 9.59 Å². The Morgan fingerprint density at radius 2 is 2.00 bits per heavy atom. The molecule has 1 aliphatic heterocycles. The molecule has 2 fully saturated rings. The molecule has 2 aliphatic rings. The lowest BCUT2D eigenvalue weighted by molar-refractivity contribution is -0.141. The van der Waals surface area contributed by atoms with Gasteiger partial charge in [0.1, 0.15) is 0 Å². The van der Waals surface area contributed by atoms with Gasteiger partial charge in [-0.15, -0.1) is 0 Å². The average Bonchev–Trinajstić information content (AvgIpc) is 3.22. The second kappa shape index (κ2) is 8.87. The molecule has 2 amide bonds. The number of nitrogens with zero attached hydrogens (tertiary/aromatic N) is 3. The molecule has 0 bridgehead atoms. The number of rotatable bonds is 6. The molecule has 1 N–H and O–H groups in total. The van der Waals surface area contributed by atoms with Crippen LogP contribution < -0.4 is 5.32 Å². The Bertz CT molecular complexity index is 679. The van der Waals surface area contributed by atoms with Crippen molar-refractivity contribution in [2.75, 3.05) is 19.8 Å². The molecule has 27 heavy (non-hydrogen) atoms. The predicted molar refractivity (Wildman–Crippen MR) is 102 cm³/mol. The number of hydrogen-bond donors (Lipinski definition) is 1.